The first-order valence-electron chi connectivity index (χ1n) is 5.12. The maximum atomic E-state index is 9.12. The van der Waals surface area contributed by atoms with Crippen molar-refractivity contribution < 1.29 is 9.84 Å². The van der Waals surface area contributed by atoms with Gasteiger partial charge in [0, 0.05) is 6.42 Å². The molecule has 2 nitrogen and oxygen atoms in total. The van der Waals surface area contributed by atoms with Crippen molar-refractivity contribution in [3.8, 4) is 17.6 Å². The van der Waals surface area contributed by atoms with Gasteiger partial charge in [-0.25, -0.2) is 0 Å². The van der Waals surface area contributed by atoms with Gasteiger partial charge in [-0.1, -0.05) is 30.9 Å². The Morgan fingerprint density at radius 2 is 2.13 bits per heavy atom. The smallest absolute Gasteiger partial charge is 0.135 e. The van der Waals surface area contributed by atoms with E-state index < -0.39 is 6.10 Å². The number of hydrogen-bond donors (Lipinski definition) is 1. The van der Waals surface area contributed by atoms with E-state index in [1.165, 1.54) is 0 Å². The molecular weight excluding hydrogens is 188 g/mol. The monoisotopic (exact) mass is 204 g/mol. The van der Waals surface area contributed by atoms with Crippen LogP contribution in [0.2, 0.25) is 0 Å². The molecule has 0 spiro atoms. The zero-order valence-corrected chi connectivity index (χ0v) is 9.16. The molecule has 1 aromatic rings. The molecule has 2 heteroatoms. The molecule has 1 N–H and O–H groups in total. The topological polar surface area (TPSA) is 29.5 Å². The lowest BCUT2D eigenvalue weighted by Crippen LogP contribution is -2.13. The molecule has 1 atom stereocenters. The molecule has 1 rings (SSSR count). The van der Waals surface area contributed by atoms with Crippen LogP contribution in [0.25, 0.3) is 0 Å². The predicted molar refractivity (Wildman–Crippen MR) is 60.8 cm³/mol. The van der Waals surface area contributed by atoms with Crippen LogP contribution in [-0.2, 0) is 0 Å². The Hall–Kier alpha value is -1.46. The molecule has 0 saturated carbocycles. The van der Waals surface area contributed by atoms with Gasteiger partial charge in [0.2, 0.25) is 0 Å². The third-order valence-electron chi connectivity index (χ3n) is 1.77. The first-order chi connectivity index (χ1) is 7.24. The predicted octanol–water partition coefficient (Wildman–Crippen LogP) is 2.21. The second kappa shape index (κ2) is 6.10. The highest BCUT2D eigenvalue weighted by Gasteiger charge is 2.01. The molecule has 15 heavy (non-hydrogen) atoms. The summed E-state index contributed by atoms with van der Waals surface area (Å²) in [6, 6.07) is 7.60. The number of ether oxygens (including phenoxy) is 1. The minimum Gasteiger partial charge on any atom is -0.490 e. The summed E-state index contributed by atoms with van der Waals surface area (Å²) in [6.07, 6.45) is 0.363. The molecule has 80 valence electrons. The maximum Gasteiger partial charge on any atom is 0.135 e. The van der Waals surface area contributed by atoms with Crippen molar-refractivity contribution >= 4 is 0 Å². The fourth-order valence-corrected chi connectivity index (χ4v) is 1.09. The van der Waals surface area contributed by atoms with Crippen LogP contribution < -0.4 is 4.74 Å². The van der Waals surface area contributed by atoms with Crippen molar-refractivity contribution in [2.45, 2.75) is 26.4 Å². The lowest BCUT2D eigenvalue weighted by Gasteiger charge is -2.09. The van der Waals surface area contributed by atoms with Crippen LogP contribution >= 0.6 is 0 Å². The van der Waals surface area contributed by atoms with Crippen molar-refractivity contribution in [3.63, 3.8) is 0 Å². The number of hydrogen-bond acceptors (Lipinski definition) is 2. The van der Waals surface area contributed by atoms with Crippen LogP contribution in [0.5, 0.6) is 5.75 Å². The minimum absolute atomic E-state index is 0.296. The summed E-state index contributed by atoms with van der Waals surface area (Å²) < 4.78 is 5.44. The van der Waals surface area contributed by atoms with Crippen molar-refractivity contribution in [2.75, 3.05) is 6.61 Å². The van der Waals surface area contributed by atoms with Crippen LogP contribution in [0.15, 0.2) is 24.3 Å². The first kappa shape index (κ1) is 11.6. The van der Waals surface area contributed by atoms with Gasteiger partial charge < -0.3 is 9.84 Å². The van der Waals surface area contributed by atoms with E-state index in [2.05, 4.69) is 11.8 Å². The van der Waals surface area contributed by atoms with Gasteiger partial charge in [0.05, 0.1) is 11.7 Å². The van der Waals surface area contributed by atoms with Crippen LogP contribution in [0.3, 0.4) is 0 Å². The van der Waals surface area contributed by atoms with E-state index in [4.69, 9.17) is 9.84 Å². The van der Waals surface area contributed by atoms with E-state index in [9.17, 15) is 0 Å². The largest absolute Gasteiger partial charge is 0.490 e. The number of benzene rings is 1. The van der Waals surface area contributed by atoms with Gasteiger partial charge in [-0.15, -0.1) is 0 Å². The summed E-state index contributed by atoms with van der Waals surface area (Å²) in [6.45, 7) is 4.00. The quantitative estimate of drug-likeness (QED) is 0.765. The van der Waals surface area contributed by atoms with Crippen molar-refractivity contribution in [2.24, 2.45) is 0 Å². The van der Waals surface area contributed by atoms with E-state index in [1.54, 1.807) is 6.92 Å². The fourth-order valence-electron chi connectivity index (χ4n) is 1.09. The average Bonchev–Trinajstić information content (AvgIpc) is 2.24. The summed E-state index contributed by atoms with van der Waals surface area (Å²) in [5.41, 5.74) is 0.875. The highest BCUT2D eigenvalue weighted by molar-refractivity contribution is 5.45. The van der Waals surface area contributed by atoms with E-state index in [0.29, 0.717) is 6.61 Å². The Balaban J connectivity index is 2.77. The molecule has 0 aliphatic rings. The Labute approximate surface area is 90.9 Å². The van der Waals surface area contributed by atoms with Gasteiger partial charge in [-0.05, 0) is 19.1 Å². The van der Waals surface area contributed by atoms with E-state index >= 15 is 0 Å². The summed E-state index contributed by atoms with van der Waals surface area (Å²) in [4.78, 5) is 0. The molecule has 0 heterocycles. The Morgan fingerprint density at radius 1 is 1.40 bits per heavy atom. The molecule has 0 aliphatic heterocycles. The number of rotatable bonds is 3. The molecule has 0 aliphatic carbocycles. The zero-order chi connectivity index (χ0) is 11.1. The SMILES string of the molecule is CCC#Cc1ccccc1OCC(C)O. The molecule has 0 saturated heterocycles. The average molecular weight is 204 g/mol. The summed E-state index contributed by atoms with van der Waals surface area (Å²) in [5, 5.41) is 9.12. The lowest BCUT2D eigenvalue weighted by molar-refractivity contribution is 0.122. The van der Waals surface area contributed by atoms with Crippen molar-refractivity contribution in [3.05, 3.63) is 29.8 Å². The van der Waals surface area contributed by atoms with Gasteiger partial charge in [0.25, 0.3) is 0 Å². The lowest BCUT2D eigenvalue weighted by atomic mass is 10.2. The molecule has 0 fully saturated rings. The van der Waals surface area contributed by atoms with Crippen LogP contribution in [0, 0.1) is 11.8 Å². The molecule has 0 radical (unpaired) electrons. The Kier molecular flexibility index (Phi) is 4.73. The zero-order valence-electron chi connectivity index (χ0n) is 9.16. The van der Waals surface area contributed by atoms with Gasteiger partial charge in [-0.3, -0.25) is 0 Å². The molecule has 0 bridgehead atoms. The molecule has 0 amide bonds. The molecule has 1 aromatic carbocycles. The number of aliphatic hydroxyl groups excluding tert-OH is 1. The van der Waals surface area contributed by atoms with Crippen molar-refractivity contribution in [1.82, 2.24) is 0 Å². The molecule has 1 unspecified atom stereocenters. The van der Waals surface area contributed by atoms with Crippen LogP contribution in [-0.4, -0.2) is 17.8 Å². The van der Waals surface area contributed by atoms with Crippen molar-refractivity contribution in [1.29, 1.82) is 0 Å². The first-order valence-corrected chi connectivity index (χ1v) is 5.12. The maximum absolute atomic E-state index is 9.12. The van der Waals surface area contributed by atoms with E-state index in [1.807, 2.05) is 31.2 Å². The van der Waals surface area contributed by atoms with E-state index in [-0.39, 0.29) is 0 Å². The standard InChI is InChI=1S/C13H16O2/c1-3-4-7-12-8-5-6-9-13(12)15-10-11(2)14/h5-6,8-9,11,14H,3,10H2,1-2H3. The third kappa shape index (κ3) is 4.05. The second-order valence-corrected chi connectivity index (χ2v) is 3.31. The highest BCUT2D eigenvalue weighted by atomic mass is 16.5. The Morgan fingerprint density at radius 3 is 2.80 bits per heavy atom. The van der Waals surface area contributed by atoms with Gasteiger partial charge in [0.15, 0.2) is 0 Å². The van der Waals surface area contributed by atoms with Crippen LogP contribution in [0.4, 0.5) is 0 Å². The summed E-state index contributed by atoms with van der Waals surface area (Å²) in [5.74, 6) is 6.77. The fraction of sp³-hybridized carbons (Fsp3) is 0.385. The second-order valence-electron chi connectivity index (χ2n) is 3.31. The summed E-state index contributed by atoms with van der Waals surface area (Å²) >= 11 is 0. The number of aliphatic hydroxyl groups is 1. The summed E-state index contributed by atoms with van der Waals surface area (Å²) in [7, 11) is 0. The molecule has 0 aromatic heterocycles. The van der Waals surface area contributed by atoms with Gasteiger partial charge in [0.1, 0.15) is 12.4 Å². The Bertz CT molecular complexity index is 358. The molecular formula is C13H16O2. The minimum atomic E-state index is -0.461. The normalized spacial score (nSPS) is 11.4. The van der Waals surface area contributed by atoms with Gasteiger partial charge >= 0.3 is 0 Å². The highest BCUT2D eigenvalue weighted by Crippen LogP contribution is 2.16. The van der Waals surface area contributed by atoms with E-state index in [0.717, 1.165) is 17.7 Å². The van der Waals surface area contributed by atoms with Gasteiger partial charge in [-0.2, -0.15) is 0 Å². The third-order valence-corrected chi connectivity index (χ3v) is 1.77. The van der Waals surface area contributed by atoms with Crippen LogP contribution in [0.1, 0.15) is 25.8 Å². The number of para-hydroxylation sites is 1.